The van der Waals surface area contributed by atoms with Crippen molar-refractivity contribution in [2.75, 3.05) is 12.3 Å². The van der Waals surface area contributed by atoms with E-state index in [9.17, 15) is 0 Å². The summed E-state index contributed by atoms with van der Waals surface area (Å²) in [5.74, 6) is 2.12. The minimum absolute atomic E-state index is 0.447. The Morgan fingerprint density at radius 3 is 2.53 bits per heavy atom. The topological polar surface area (TPSA) is 21.3 Å². The van der Waals surface area contributed by atoms with E-state index in [-0.39, 0.29) is 0 Å². The zero-order chi connectivity index (χ0) is 12.9. The molecule has 0 bridgehead atoms. The highest BCUT2D eigenvalue weighted by molar-refractivity contribution is 7.99. The number of ether oxygens (including phenoxy) is 1. The first-order valence-corrected chi connectivity index (χ1v) is 7.58. The number of benzene rings is 2. The minimum Gasteiger partial charge on any atom is -0.489 e. The van der Waals surface area contributed by atoms with Crippen LogP contribution < -0.4 is 10.1 Å². The minimum atomic E-state index is 0.447. The number of thioether (sulfide) groups is 1. The third-order valence-electron chi connectivity index (χ3n) is 3.15. The summed E-state index contributed by atoms with van der Waals surface area (Å²) >= 11 is 1.96. The van der Waals surface area contributed by atoms with Crippen molar-refractivity contribution in [2.24, 2.45) is 0 Å². The second-order valence-corrected chi connectivity index (χ2v) is 5.76. The van der Waals surface area contributed by atoms with Crippen LogP contribution in [0, 0.1) is 0 Å². The second kappa shape index (κ2) is 6.13. The molecule has 19 heavy (non-hydrogen) atoms. The first-order valence-electron chi connectivity index (χ1n) is 6.53. The van der Waals surface area contributed by atoms with Crippen LogP contribution in [0.2, 0.25) is 0 Å². The molecular weight excluding hydrogens is 254 g/mol. The van der Waals surface area contributed by atoms with E-state index in [4.69, 9.17) is 4.74 Å². The van der Waals surface area contributed by atoms with E-state index >= 15 is 0 Å². The quantitative estimate of drug-likeness (QED) is 0.918. The van der Waals surface area contributed by atoms with Crippen LogP contribution in [0.5, 0.6) is 5.75 Å². The van der Waals surface area contributed by atoms with Crippen molar-refractivity contribution in [3.05, 3.63) is 65.7 Å². The van der Waals surface area contributed by atoms with Crippen LogP contribution in [0.3, 0.4) is 0 Å². The summed E-state index contributed by atoms with van der Waals surface area (Å²) in [7, 11) is 0. The van der Waals surface area contributed by atoms with Crippen molar-refractivity contribution in [1.29, 1.82) is 0 Å². The van der Waals surface area contributed by atoms with Gasteiger partial charge in [-0.05, 0) is 23.3 Å². The summed E-state index contributed by atoms with van der Waals surface area (Å²) in [6, 6.07) is 18.6. The molecule has 1 N–H and O–H groups in total. The summed E-state index contributed by atoms with van der Waals surface area (Å²) in [5.41, 5.74) is 2.52. The Morgan fingerprint density at radius 2 is 1.84 bits per heavy atom. The fourth-order valence-electron chi connectivity index (χ4n) is 2.12. The van der Waals surface area contributed by atoms with Gasteiger partial charge in [0.15, 0.2) is 0 Å². The molecule has 0 radical (unpaired) electrons. The van der Waals surface area contributed by atoms with Crippen LogP contribution in [-0.2, 0) is 6.61 Å². The number of hydrogen-bond acceptors (Lipinski definition) is 3. The Hall–Kier alpha value is -1.45. The van der Waals surface area contributed by atoms with E-state index < -0.39 is 0 Å². The van der Waals surface area contributed by atoms with Crippen LogP contribution in [0.15, 0.2) is 54.6 Å². The Kier molecular flexibility index (Phi) is 4.06. The van der Waals surface area contributed by atoms with E-state index in [1.165, 1.54) is 16.9 Å². The Balaban J connectivity index is 1.60. The van der Waals surface area contributed by atoms with Crippen LogP contribution in [0.1, 0.15) is 16.5 Å². The Labute approximate surface area is 118 Å². The van der Waals surface area contributed by atoms with Gasteiger partial charge in [0.05, 0.1) is 5.37 Å². The standard InChI is InChI=1S/C16H17NOS/c1-2-4-13(5-3-1)12-18-15-8-6-14(7-9-15)16-17-10-11-19-16/h1-9,16-17H,10-12H2. The molecule has 1 aliphatic heterocycles. The lowest BCUT2D eigenvalue weighted by atomic mass is 10.2. The summed E-state index contributed by atoms with van der Waals surface area (Å²) in [4.78, 5) is 0. The molecule has 1 fully saturated rings. The molecule has 3 rings (SSSR count). The van der Waals surface area contributed by atoms with E-state index in [2.05, 4.69) is 41.7 Å². The van der Waals surface area contributed by atoms with Crippen molar-refractivity contribution in [1.82, 2.24) is 5.32 Å². The van der Waals surface area contributed by atoms with Gasteiger partial charge < -0.3 is 10.1 Å². The second-order valence-electron chi connectivity index (χ2n) is 4.55. The summed E-state index contributed by atoms with van der Waals surface area (Å²) in [6.45, 7) is 1.72. The zero-order valence-electron chi connectivity index (χ0n) is 10.7. The van der Waals surface area contributed by atoms with E-state index in [1.807, 2.05) is 30.0 Å². The predicted molar refractivity (Wildman–Crippen MR) is 80.4 cm³/mol. The van der Waals surface area contributed by atoms with Crippen molar-refractivity contribution < 1.29 is 4.74 Å². The summed E-state index contributed by atoms with van der Waals surface area (Å²) in [6.07, 6.45) is 0. The molecule has 0 saturated carbocycles. The largest absolute Gasteiger partial charge is 0.489 e. The normalized spacial score (nSPS) is 18.4. The molecule has 0 aliphatic carbocycles. The molecule has 1 saturated heterocycles. The first-order chi connectivity index (χ1) is 9.42. The van der Waals surface area contributed by atoms with Gasteiger partial charge >= 0.3 is 0 Å². The molecule has 98 valence electrons. The van der Waals surface area contributed by atoms with Crippen molar-refractivity contribution in [3.8, 4) is 5.75 Å². The Morgan fingerprint density at radius 1 is 1.05 bits per heavy atom. The van der Waals surface area contributed by atoms with Crippen molar-refractivity contribution in [3.63, 3.8) is 0 Å². The molecule has 1 unspecified atom stereocenters. The van der Waals surface area contributed by atoms with Gasteiger partial charge in [0.2, 0.25) is 0 Å². The molecule has 1 atom stereocenters. The first kappa shape index (κ1) is 12.6. The molecule has 3 heteroatoms. The fraction of sp³-hybridized carbons (Fsp3) is 0.250. The third kappa shape index (κ3) is 3.31. The van der Waals surface area contributed by atoms with Gasteiger partial charge in [-0.2, -0.15) is 0 Å². The lowest BCUT2D eigenvalue weighted by Crippen LogP contribution is -2.11. The lowest BCUT2D eigenvalue weighted by molar-refractivity contribution is 0.306. The average Bonchev–Trinajstić information content (AvgIpc) is 3.01. The highest BCUT2D eigenvalue weighted by Gasteiger charge is 2.16. The lowest BCUT2D eigenvalue weighted by Gasteiger charge is -2.11. The van der Waals surface area contributed by atoms with Gasteiger partial charge in [-0.25, -0.2) is 0 Å². The summed E-state index contributed by atoms with van der Waals surface area (Å²) < 4.78 is 5.78. The van der Waals surface area contributed by atoms with Crippen LogP contribution in [0.4, 0.5) is 0 Å². The maximum atomic E-state index is 5.78. The van der Waals surface area contributed by atoms with Gasteiger partial charge in [0.1, 0.15) is 12.4 Å². The highest BCUT2D eigenvalue weighted by atomic mass is 32.2. The van der Waals surface area contributed by atoms with Crippen LogP contribution in [-0.4, -0.2) is 12.3 Å². The fourth-order valence-corrected chi connectivity index (χ4v) is 3.18. The molecule has 0 amide bonds. The SMILES string of the molecule is c1ccc(COc2ccc(C3NCCS3)cc2)cc1. The monoisotopic (exact) mass is 271 g/mol. The molecular formula is C16H17NOS. The predicted octanol–water partition coefficient (Wildman–Crippen LogP) is 3.60. The zero-order valence-corrected chi connectivity index (χ0v) is 11.5. The van der Waals surface area contributed by atoms with Gasteiger partial charge in [-0.1, -0.05) is 42.5 Å². The highest BCUT2D eigenvalue weighted by Crippen LogP contribution is 2.30. The molecule has 1 heterocycles. The van der Waals surface area contributed by atoms with Crippen molar-refractivity contribution >= 4 is 11.8 Å². The molecule has 0 spiro atoms. The average molecular weight is 271 g/mol. The van der Waals surface area contributed by atoms with Crippen LogP contribution >= 0.6 is 11.8 Å². The van der Waals surface area contributed by atoms with Gasteiger partial charge in [0, 0.05) is 12.3 Å². The molecule has 1 aliphatic rings. The van der Waals surface area contributed by atoms with E-state index in [0.717, 1.165) is 12.3 Å². The molecule has 2 aromatic rings. The number of rotatable bonds is 4. The number of nitrogens with one attached hydrogen (secondary N) is 1. The molecule has 0 aromatic heterocycles. The van der Waals surface area contributed by atoms with Gasteiger partial charge in [-0.15, -0.1) is 11.8 Å². The third-order valence-corrected chi connectivity index (χ3v) is 4.36. The number of hydrogen-bond donors (Lipinski definition) is 1. The van der Waals surface area contributed by atoms with Gasteiger partial charge in [0.25, 0.3) is 0 Å². The van der Waals surface area contributed by atoms with Crippen LogP contribution in [0.25, 0.3) is 0 Å². The smallest absolute Gasteiger partial charge is 0.119 e. The Bertz CT molecular complexity index is 506. The van der Waals surface area contributed by atoms with Crippen molar-refractivity contribution in [2.45, 2.75) is 12.0 Å². The van der Waals surface area contributed by atoms with E-state index in [1.54, 1.807) is 0 Å². The van der Waals surface area contributed by atoms with E-state index in [0.29, 0.717) is 12.0 Å². The molecule has 2 aromatic carbocycles. The summed E-state index contributed by atoms with van der Waals surface area (Å²) in [5, 5.41) is 3.92. The maximum absolute atomic E-state index is 5.78. The molecule has 2 nitrogen and oxygen atoms in total. The maximum Gasteiger partial charge on any atom is 0.119 e. The van der Waals surface area contributed by atoms with Gasteiger partial charge in [-0.3, -0.25) is 0 Å².